The van der Waals surface area contributed by atoms with Gasteiger partial charge in [-0.05, 0) is 42.5 Å². The van der Waals surface area contributed by atoms with Crippen molar-refractivity contribution in [3.8, 4) is 11.3 Å². The fourth-order valence-corrected chi connectivity index (χ4v) is 4.11. The summed E-state index contributed by atoms with van der Waals surface area (Å²) in [6.45, 7) is 4.51. The van der Waals surface area contributed by atoms with Gasteiger partial charge in [-0.25, -0.2) is 0 Å². The van der Waals surface area contributed by atoms with Gasteiger partial charge in [0.15, 0.2) is 5.76 Å². The molecule has 1 aliphatic heterocycles. The van der Waals surface area contributed by atoms with Crippen LogP contribution < -0.4 is 10.2 Å². The standard InChI is InChI=1S/C24H23Cl2N3O3/c1-2-23(30)29-12-10-28(11-13-29)20-7-6-18(26)15-19(20)27-24(31)22-9-8-21(32-22)16-4-3-5-17(25)14-16/h3-9,14-15H,2,10-13H2,1H3,(H,27,31). The summed E-state index contributed by atoms with van der Waals surface area (Å²) in [5.41, 5.74) is 2.24. The van der Waals surface area contributed by atoms with E-state index in [1.807, 2.05) is 30.0 Å². The molecule has 0 radical (unpaired) electrons. The number of nitrogens with zero attached hydrogens (tertiary/aromatic N) is 2. The monoisotopic (exact) mass is 471 g/mol. The number of hydrogen-bond donors (Lipinski definition) is 1. The Morgan fingerprint density at radius 3 is 2.44 bits per heavy atom. The van der Waals surface area contributed by atoms with E-state index in [0.717, 1.165) is 11.3 Å². The maximum atomic E-state index is 12.9. The van der Waals surface area contributed by atoms with E-state index in [1.54, 1.807) is 36.4 Å². The maximum Gasteiger partial charge on any atom is 0.291 e. The third-order valence-electron chi connectivity index (χ3n) is 5.42. The summed E-state index contributed by atoms with van der Waals surface area (Å²) in [5.74, 6) is 0.522. The topological polar surface area (TPSA) is 65.8 Å². The van der Waals surface area contributed by atoms with Crippen LogP contribution in [0.25, 0.3) is 11.3 Å². The number of nitrogens with one attached hydrogen (secondary N) is 1. The number of carbonyl (C=O) groups excluding carboxylic acids is 2. The zero-order valence-electron chi connectivity index (χ0n) is 17.6. The molecule has 0 unspecified atom stereocenters. The molecule has 0 atom stereocenters. The van der Waals surface area contributed by atoms with Crippen molar-refractivity contribution < 1.29 is 14.0 Å². The molecule has 0 bridgehead atoms. The smallest absolute Gasteiger partial charge is 0.291 e. The molecule has 1 aromatic heterocycles. The van der Waals surface area contributed by atoms with Crippen molar-refractivity contribution in [1.82, 2.24) is 4.90 Å². The molecule has 0 saturated carbocycles. The molecule has 2 aromatic carbocycles. The van der Waals surface area contributed by atoms with Crippen LogP contribution in [0, 0.1) is 0 Å². The molecule has 166 valence electrons. The third kappa shape index (κ3) is 4.92. The van der Waals surface area contributed by atoms with Crippen LogP contribution in [0.2, 0.25) is 10.0 Å². The minimum atomic E-state index is -0.374. The van der Waals surface area contributed by atoms with Gasteiger partial charge in [0.2, 0.25) is 5.91 Å². The van der Waals surface area contributed by atoms with Crippen molar-refractivity contribution in [2.45, 2.75) is 13.3 Å². The van der Waals surface area contributed by atoms with Gasteiger partial charge in [-0.15, -0.1) is 0 Å². The van der Waals surface area contributed by atoms with Gasteiger partial charge in [-0.1, -0.05) is 42.3 Å². The van der Waals surface area contributed by atoms with E-state index < -0.39 is 0 Å². The van der Waals surface area contributed by atoms with Gasteiger partial charge < -0.3 is 19.5 Å². The second-order valence-corrected chi connectivity index (χ2v) is 8.38. The van der Waals surface area contributed by atoms with Crippen molar-refractivity contribution >= 4 is 46.4 Å². The van der Waals surface area contributed by atoms with E-state index in [2.05, 4.69) is 10.2 Å². The second-order valence-electron chi connectivity index (χ2n) is 7.51. The molecule has 2 heterocycles. The molecule has 1 aliphatic rings. The number of rotatable bonds is 5. The van der Waals surface area contributed by atoms with Crippen molar-refractivity contribution in [2.24, 2.45) is 0 Å². The molecule has 1 fully saturated rings. The van der Waals surface area contributed by atoms with Crippen molar-refractivity contribution in [1.29, 1.82) is 0 Å². The van der Waals surface area contributed by atoms with Gasteiger partial charge in [0.05, 0.1) is 11.4 Å². The Kier molecular flexibility index (Phi) is 6.72. The molecule has 4 rings (SSSR count). The predicted molar refractivity (Wildman–Crippen MR) is 128 cm³/mol. The molecule has 0 spiro atoms. The second kappa shape index (κ2) is 9.67. The summed E-state index contributed by atoms with van der Waals surface area (Å²) in [6.07, 6.45) is 0.503. The largest absolute Gasteiger partial charge is 0.451 e. The van der Waals surface area contributed by atoms with Crippen LogP contribution in [0.5, 0.6) is 0 Å². The average Bonchev–Trinajstić information content (AvgIpc) is 3.29. The van der Waals surface area contributed by atoms with E-state index >= 15 is 0 Å². The van der Waals surface area contributed by atoms with Crippen LogP contribution >= 0.6 is 23.2 Å². The molecule has 32 heavy (non-hydrogen) atoms. The lowest BCUT2D eigenvalue weighted by Crippen LogP contribution is -2.48. The van der Waals surface area contributed by atoms with Crippen LogP contribution in [0.15, 0.2) is 59.0 Å². The molecule has 6 nitrogen and oxygen atoms in total. The SMILES string of the molecule is CCC(=O)N1CCN(c2ccc(Cl)cc2NC(=O)c2ccc(-c3cccc(Cl)c3)o2)CC1. The van der Waals surface area contributed by atoms with E-state index in [9.17, 15) is 9.59 Å². The highest BCUT2D eigenvalue weighted by molar-refractivity contribution is 6.31. The summed E-state index contributed by atoms with van der Waals surface area (Å²) in [4.78, 5) is 28.9. The maximum absolute atomic E-state index is 12.9. The zero-order chi connectivity index (χ0) is 22.7. The van der Waals surface area contributed by atoms with Crippen molar-refractivity contribution in [2.75, 3.05) is 36.4 Å². The Morgan fingerprint density at radius 1 is 0.969 bits per heavy atom. The predicted octanol–water partition coefficient (Wildman–Crippen LogP) is 5.56. The number of carbonyl (C=O) groups is 2. The Morgan fingerprint density at radius 2 is 1.72 bits per heavy atom. The average molecular weight is 472 g/mol. The number of benzene rings is 2. The van der Waals surface area contributed by atoms with E-state index in [1.165, 1.54) is 0 Å². The van der Waals surface area contributed by atoms with Crippen molar-refractivity contribution in [3.63, 3.8) is 0 Å². The number of hydrogen-bond acceptors (Lipinski definition) is 4. The first-order chi connectivity index (χ1) is 15.4. The van der Waals surface area contributed by atoms with Crippen LogP contribution in [0.1, 0.15) is 23.9 Å². The van der Waals surface area contributed by atoms with Crippen LogP contribution in [-0.4, -0.2) is 42.9 Å². The molecule has 3 aromatic rings. The molecule has 0 aliphatic carbocycles. The number of piperazine rings is 1. The van der Waals surface area contributed by atoms with Gasteiger partial charge in [-0.3, -0.25) is 9.59 Å². The Bertz CT molecular complexity index is 1140. The Hall–Kier alpha value is -2.96. The summed E-state index contributed by atoms with van der Waals surface area (Å²) >= 11 is 12.3. The van der Waals surface area contributed by atoms with Crippen molar-refractivity contribution in [3.05, 3.63) is 70.4 Å². The molecular formula is C24H23Cl2N3O3. The summed E-state index contributed by atoms with van der Waals surface area (Å²) in [5, 5.41) is 4.03. The van der Waals surface area contributed by atoms with Crippen LogP contribution in [0.3, 0.4) is 0 Å². The third-order valence-corrected chi connectivity index (χ3v) is 5.89. The first-order valence-electron chi connectivity index (χ1n) is 10.4. The number of amides is 2. The van der Waals surface area contributed by atoms with Crippen LogP contribution in [-0.2, 0) is 4.79 Å². The number of halogens is 2. The summed E-state index contributed by atoms with van der Waals surface area (Å²) in [7, 11) is 0. The van der Waals surface area contributed by atoms with E-state index in [4.69, 9.17) is 27.6 Å². The van der Waals surface area contributed by atoms with Gasteiger partial charge in [0.1, 0.15) is 5.76 Å². The molecule has 8 heteroatoms. The normalized spacial score (nSPS) is 13.8. The lowest BCUT2D eigenvalue weighted by Gasteiger charge is -2.37. The van der Waals surface area contributed by atoms with Crippen LogP contribution in [0.4, 0.5) is 11.4 Å². The molecule has 1 saturated heterocycles. The fraction of sp³-hybridized carbons (Fsp3) is 0.250. The van der Waals surface area contributed by atoms with Gasteiger partial charge in [0.25, 0.3) is 5.91 Å². The summed E-state index contributed by atoms with van der Waals surface area (Å²) in [6, 6.07) is 16.0. The number of anilines is 2. The number of furan rings is 1. The molecular weight excluding hydrogens is 449 g/mol. The van der Waals surface area contributed by atoms with Gasteiger partial charge in [0, 0.05) is 48.2 Å². The minimum Gasteiger partial charge on any atom is -0.451 e. The Labute approximate surface area is 196 Å². The lowest BCUT2D eigenvalue weighted by molar-refractivity contribution is -0.131. The van der Waals surface area contributed by atoms with Gasteiger partial charge >= 0.3 is 0 Å². The first-order valence-corrected chi connectivity index (χ1v) is 11.2. The minimum absolute atomic E-state index is 0.155. The highest BCUT2D eigenvalue weighted by Gasteiger charge is 2.23. The highest BCUT2D eigenvalue weighted by atomic mass is 35.5. The Balaban J connectivity index is 1.51. The van der Waals surface area contributed by atoms with E-state index in [-0.39, 0.29) is 17.6 Å². The van der Waals surface area contributed by atoms with Gasteiger partial charge in [-0.2, -0.15) is 0 Å². The quantitative estimate of drug-likeness (QED) is 0.528. The highest BCUT2D eigenvalue weighted by Crippen LogP contribution is 2.31. The first kappa shape index (κ1) is 22.2. The zero-order valence-corrected chi connectivity index (χ0v) is 19.1. The summed E-state index contributed by atoms with van der Waals surface area (Å²) < 4.78 is 5.77. The lowest BCUT2D eigenvalue weighted by atomic mass is 10.2. The fourth-order valence-electron chi connectivity index (χ4n) is 3.75. The molecule has 1 N–H and O–H groups in total. The van der Waals surface area contributed by atoms with E-state index in [0.29, 0.717) is 54.1 Å². The molecule has 2 amide bonds.